The molecule has 3 heterocycles. The Hall–Kier alpha value is -3.05. The fourth-order valence-electron chi connectivity index (χ4n) is 4.28. The Balaban J connectivity index is 1.65. The molecule has 0 radical (unpaired) electrons. The number of amidine groups is 1. The van der Waals surface area contributed by atoms with Crippen LogP contribution in [-0.2, 0) is 0 Å². The first-order valence-electron chi connectivity index (χ1n) is 9.91. The number of pyridine rings is 1. The highest BCUT2D eigenvalue weighted by atomic mass is 16.3. The van der Waals surface area contributed by atoms with Gasteiger partial charge in [0.2, 0.25) is 5.78 Å². The van der Waals surface area contributed by atoms with Crippen molar-refractivity contribution in [1.29, 1.82) is 0 Å². The number of hydrogen-bond donors (Lipinski definition) is 1. The van der Waals surface area contributed by atoms with E-state index in [0.717, 1.165) is 39.0 Å². The molecule has 146 valence electrons. The molecule has 0 bridgehead atoms. The molecule has 0 spiro atoms. The zero-order chi connectivity index (χ0) is 20.5. The van der Waals surface area contributed by atoms with Gasteiger partial charge in [0.15, 0.2) is 5.60 Å². The number of aryl methyl sites for hydroxylation is 4. The van der Waals surface area contributed by atoms with E-state index in [1.54, 1.807) is 0 Å². The zero-order valence-corrected chi connectivity index (χ0v) is 17.1. The van der Waals surface area contributed by atoms with Crippen molar-refractivity contribution in [3.63, 3.8) is 0 Å². The number of aliphatic hydroxyl groups is 1. The van der Waals surface area contributed by atoms with E-state index in [-0.39, 0.29) is 5.78 Å². The molecule has 3 aromatic rings. The van der Waals surface area contributed by atoms with Crippen LogP contribution in [0.4, 0.5) is 11.4 Å². The fraction of sp³-hybridized carbons (Fsp3) is 0.292. The third kappa shape index (κ3) is 2.54. The number of anilines is 1. The van der Waals surface area contributed by atoms with Crippen molar-refractivity contribution in [3.05, 3.63) is 64.3 Å². The van der Waals surface area contributed by atoms with Crippen molar-refractivity contribution in [2.75, 3.05) is 11.4 Å². The van der Waals surface area contributed by atoms with E-state index in [0.29, 0.717) is 30.1 Å². The number of benzene rings is 2. The summed E-state index contributed by atoms with van der Waals surface area (Å²) in [7, 11) is 0. The number of ketones is 1. The lowest BCUT2D eigenvalue weighted by molar-refractivity contribution is 0.0602. The van der Waals surface area contributed by atoms with Crippen LogP contribution in [0.2, 0.25) is 0 Å². The summed E-state index contributed by atoms with van der Waals surface area (Å²) in [6.07, 6.45) is 0.334. The summed E-state index contributed by atoms with van der Waals surface area (Å²) in [6, 6.07) is 11.9. The molecule has 5 nitrogen and oxygen atoms in total. The fourth-order valence-corrected chi connectivity index (χ4v) is 4.28. The van der Waals surface area contributed by atoms with Crippen LogP contribution in [0, 0.1) is 27.7 Å². The van der Waals surface area contributed by atoms with Gasteiger partial charge in [-0.3, -0.25) is 9.78 Å². The number of aromatic nitrogens is 1. The average Bonchev–Trinajstić information content (AvgIpc) is 3.02. The molecule has 1 unspecified atom stereocenters. The Morgan fingerprint density at radius 2 is 1.76 bits per heavy atom. The van der Waals surface area contributed by atoms with Crippen LogP contribution in [0.5, 0.6) is 0 Å². The SMILES string of the molecule is Cc1cc2c(cc1C)C(=O)C1(O)CCN(c3ccc4nc(C)c(C)cc4c3)C1=N2. The van der Waals surface area contributed by atoms with Gasteiger partial charge in [0.1, 0.15) is 5.84 Å². The average molecular weight is 385 g/mol. The smallest absolute Gasteiger partial charge is 0.204 e. The minimum Gasteiger partial charge on any atom is -0.374 e. The minimum absolute atomic E-state index is 0.253. The van der Waals surface area contributed by atoms with Crippen LogP contribution in [0.15, 0.2) is 41.4 Å². The second-order valence-electron chi connectivity index (χ2n) is 8.25. The van der Waals surface area contributed by atoms with E-state index in [4.69, 9.17) is 4.99 Å². The molecule has 5 rings (SSSR count). The van der Waals surface area contributed by atoms with Gasteiger partial charge < -0.3 is 10.0 Å². The normalized spacial score (nSPS) is 20.7. The van der Waals surface area contributed by atoms with Gasteiger partial charge >= 0.3 is 0 Å². The molecular formula is C24H23N3O2. The third-order valence-electron chi connectivity index (χ3n) is 6.34. The first-order chi connectivity index (χ1) is 13.8. The maximum atomic E-state index is 13.2. The number of aliphatic imine (C=N–C) groups is 1. The molecule has 2 aromatic carbocycles. The molecule has 1 N–H and O–H groups in total. The highest BCUT2D eigenvalue weighted by molar-refractivity contribution is 6.28. The molecule has 0 aliphatic carbocycles. The second kappa shape index (κ2) is 5.97. The lowest BCUT2D eigenvalue weighted by atomic mass is 9.86. The Morgan fingerprint density at radius 3 is 2.55 bits per heavy atom. The van der Waals surface area contributed by atoms with Crippen LogP contribution in [-0.4, -0.2) is 33.9 Å². The Kier molecular flexibility index (Phi) is 3.71. The van der Waals surface area contributed by atoms with Gasteiger partial charge in [0, 0.05) is 35.3 Å². The molecule has 2 aliphatic rings. The lowest BCUT2D eigenvalue weighted by Crippen LogP contribution is -2.48. The van der Waals surface area contributed by atoms with Crippen LogP contribution in [0.25, 0.3) is 10.9 Å². The predicted molar refractivity (Wildman–Crippen MR) is 115 cm³/mol. The molecule has 5 heteroatoms. The Labute approximate surface area is 169 Å². The van der Waals surface area contributed by atoms with Gasteiger partial charge in [-0.25, -0.2) is 4.99 Å². The Morgan fingerprint density at radius 1 is 1.00 bits per heavy atom. The number of fused-ring (bicyclic) bond motifs is 3. The first-order valence-corrected chi connectivity index (χ1v) is 9.91. The number of carbonyl (C=O) groups excluding carboxylic acids is 1. The summed E-state index contributed by atoms with van der Waals surface area (Å²) in [5.74, 6) is 0.173. The highest BCUT2D eigenvalue weighted by Gasteiger charge is 2.52. The van der Waals surface area contributed by atoms with Crippen molar-refractivity contribution in [3.8, 4) is 0 Å². The molecule has 29 heavy (non-hydrogen) atoms. The molecule has 0 amide bonds. The van der Waals surface area contributed by atoms with Crippen molar-refractivity contribution in [1.82, 2.24) is 4.98 Å². The number of Topliss-reactive ketones (excluding diaryl/α,β-unsaturated/α-hetero) is 1. The van der Waals surface area contributed by atoms with Crippen molar-refractivity contribution in [2.45, 2.75) is 39.7 Å². The van der Waals surface area contributed by atoms with Gasteiger partial charge in [0.25, 0.3) is 0 Å². The van der Waals surface area contributed by atoms with Gasteiger partial charge in [-0.2, -0.15) is 0 Å². The zero-order valence-electron chi connectivity index (χ0n) is 17.1. The maximum absolute atomic E-state index is 13.2. The van der Waals surface area contributed by atoms with E-state index >= 15 is 0 Å². The molecule has 2 aliphatic heterocycles. The van der Waals surface area contributed by atoms with E-state index in [1.807, 2.05) is 56.9 Å². The quantitative estimate of drug-likeness (QED) is 0.677. The van der Waals surface area contributed by atoms with Crippen LogP contribution in [0.1, 0.15) is 39.2 Å². The number of rotatable bonds is 1. The summed E-state index contributed by atoms with van der Waals surface area (Å²) in [5, 5.41) is 12.3. The van der Waals surface area contributed by atoms with E-state index in [1.165, 1.54) is 0 Å². The van der Waals surface area contributed by atoms with Gasteiger partial charge in [-0.05, 0) is 80.8 Å². The van der Waals surface area contributed by atoms with Crippen molar-refractivity contribution >= 4 is 33.9 Å². The Bertz CT molecular complexity index is 1240. The number of nitrogens with zero attached hydrogens (tertiary/aromatic N) is 3. The topological polar surface area (TPSA) is 65.8 Å². The van der Waals surface area contributed by atoms with E-state index in [9.17, 15) is 9.90 Å². The second-order valence-corrected chi connectivity index (χ2v) is 8.25. The molecule has 1 atom stereocenters. The summed E-state index contributed by atoms with van der Waals surface area (Å²) in [4.78, 5) is 24.6. The van der Waals surface area contributed by atoms with Crippen LogP contribution >= 0.6 is 0 Å². The molecule has 1 aromatic heterocycles. The predicted octanol–water partition coefficient (Wildman–Crippen LogP) is 4.34. The monoisotopic (exact) mass is 385 g/mol. The van der Waals surface area contributed by atoms with E-state index < -0.39 is 5.60 Å². The lowest BCUT2D eigenvalue weighted by Gasteiger charge is -2.30. The molecule has 0 saturated carbocycles. The highest BCUT2D eigenvalue weighted by Crippen LogP contribution is 2.40. The summed E-state index contributed by atoms with van der Waals surface area (Å²) >= 11 is 0. The summed E-state index contributed by atoms with van der Waals surface area (Å²) < 4.78 is 0. The molecule has 1 fully saturated rings. The number of carbonyl (C=O) groups is 1. The molecule has 1 saturated heterocycles. The van der Waals surface area contributed by atoms with Crippen molar-refractivity contribution in [2.24, 2.45) is 4.99 Å². The largest absolute Gasteiger partial charge is 0.374 e. The van der Waals surface area contributed by atoms with Crippen LogP contribution in [0.3, 0.4) is 0 Å². The minimum atomic E-state index is -1.56. The van der Waals surface area contributed by atoms with Crippen LogP contribution < -0.4 is 4.90 Å². The molecular weight excluding hydrogens is 362 g/mol. The standard InChI is InChI=1S/C24H23N3O2/c1-13-10-19-21(11-14(13)2)26-23-24(29,22(19)28)7-8-27(23)18-5-6-20-17(12-18)9-15(3)16(4)25-20/h5-6,9-12,29H,7-8H2,1-4H3. The van der Waals surface area contributed by atoms with Gasteiger partial charge in [-0.1, -0.05) is 0 Å². The van der Waals surface area contributed by atoms with Gasteiger partial charge in [-0.15, -0.1) is 0 Å². The summed E-state index contributed by atoms with van der Waals surface area (Å²) in [5.41, 5.74) is 5.70. The number of hydrogen-bond acceptors (Lipinski definition) is 5. The van der Waals surface area contributed by atoms with Gasteiger partial charge in [0.05, 0.1) is 11.2 Å². The van der Waals surface area contributed by atoms with Crippen molar-refractivity contribution < 1.29 is 9.90 Å². The third-order valence-corrected chi connectivity index (χ3v) is 6.34. The maximum Gasteiger partial charge on any atom is 0.204 e. The first kappa shape index (κ1) is 18.0. The summed E-state index contributed by atoms with van der Waals surface area (Å²) in [6.45, 7) is 8.58. The van der Waals surface area contributed by atoms with E-state index in [2.05, 4.69) is 17.1 Å².